The van der Waals surface area contributed by atoms with Gasteiger partial charge in [0.05, 0.1) is 0 Å². The molecule has 0 radical (unpaired) electrons. The van der Waals surface area contributed by atoms with E-state index in [2.05, 4.69) is 55.9 Å². The molecule has 0 spiro atoms. The molecule has 0 unspecified atom stereocenters. The third-order valence-corrected chi connectivity index (χ3v) is 2.76. The predicted molar refractivity (Wildman–Crippen MR) is 70.5 cm³/mol. The number of aromatic nitrogens is 1. The van der Waals surface area contributed by atoms with E-state index >= 15 is 0 Å². The lowest BCUT2D eigenvalue weighted by atomic mass is 9.92. The maximum atomic E-state index is 3.45. The zero-order valence-electron chi connectivity index (χ0n) is 11.2. The van der Waals surface area contributed by atoms with E-state index < -0.39 is 0 Å². The van der Waals surface area contributed by atoms with Crippen LogP contribution in [0.25, 0.3) is 0 Å². The van der Waals surface area contributed by atoms with E-state index in [0.717, 1.165) is 19.6 Å². The number of hydrogen-bond acceptors (Lipinski definition) is 1. The normalized spacial score (nSPS) is 12.0. The van der Waals surface area contributed by atoms with Gasteiger partial charge in [-0.3, -0.25) is 0 Å². The first kappa shape index (κ1) is 13.3. The lowest BCUT2D eigenvalue weighted by Gasteiger charge is -2.19. The van der Waals surface area contributed by atoms with Gasteiger partial charge in [0.2, 0.25) is 0 Å². The van der Waals surface area contributed by atoms with Gasteiger partial charge in [0.15, 0.2) is 0 Å². The minimum absolute atomic E-state index is 0.415. The molecule has 1 aromatic heterocycles. The minimum Gasteiger partial charge on any atom is -0.350 e. The molecule has 0 aliphatic rings. The van der Waals surface area contributed by atoms with Crippen LogP contribution < -0.4 is 5.32 Å². The first-order chi connectivity index (χ1) is 7.53. The summed E-state index contributed by atoms with van der Waals surface area (Å²) in [4.78, 5) is 0. The van der Waals surface area contributed by atoms with E-state index in [4.69, 9.17) is 0 Å². The van der Waals surface area contributed by atoms with E-state index in [0.29, 0.717) is 5.41 Å². The lowest BCUT2D eigenvalue weighted by Crippen LogP contribution is -2.18. The number of nitrogens with one attached hydrogen (secondary N) is 1. The smallest absolute Gasteiger partial charge is 0.0359 e. The number of aryl methyl sites for hydroxylation is 1. The first-order valence-electron chi connectivity index (χ1n) is 6.37. The third-order valence-electron chi connectivity index (χ3n) is 2.76. The fourth-order valence-electron chi connectivity index (χ4n) is 1.68. The second-order valence-corrected chi connectivity index (χ2v) is 5.68. The molecule has 0 saturated heterocycles. The third kappa shape index (κ3) is 4.84. The number of hydrogen-bond donors (Lipinski definition) is 1. The van der Waals surface area contributed by atoms with E-state index in [1.807, 2.05) is 0 Å². The fraction of sp³-hybridized carbons (Fsp3) is 0.714. The molecule has 0 aromatic carbocycles. The van der Waals surface area contributed by atoms with Crippen LogP contribution in [0.3, 0.4) is 0 Å². The molecule has 16 heavy (non-hydrogen) atoms. The lowest BCUT2D eigenvalue weighted by molar-refractivity contribution is 0.347. The maximum absolute atomic E-state index is 3.45. The second kappa shape index (κ2) is 6.09. The Labute approximate surface area is 100 Å². The van der Waals surface area contributed by atoms with Crippen molar-refractivity contribution in [2.24, 2.45) is 5.41 Å². The summed E-state index contributed by atoms with van der Waals surface area (Å²) in [6.45, 7) is 12.3. The molecular weight excluding hydrogens is 196 g/mol. The van der Waals surface area contributed by atoms with Crippen molar-refractivity contribution in [3.05, 3.63) is 24.0 Å². The highest BCUT2D eigenvalue weighted by molar-refractivity contribution is 5.06. The van der Waals surface area contributed by atoms with Crippen LogP contribution in [-0.2, 0) is 13.1 Å². The Morgan fingerprint density at radius 3 is 2.69 bits per heavy atom. The molecule has 1 aromatic rings. The Bertz CT molecular complexity index is 294. The summed E-state index contributed by atoms with van der Waals surface area (Å²) < 4.78 is 2.37. The van der Waals surface area contributed by atoms with Crippen molar-refractivity contribution in [1.29, 1.82) is 0 Å². The number of nitrogens with zero attached hydrogens (tertiary/aromatic N) is 1. The van der Waals surface area contributed by atoms with Crippen molar-refractivity contribution >= 4 is 0 Å². The highest BCUT2D eigenvalue weighted by atomic mass is 15.0. The Morgan fingerprint density at radius 1 is 1.31 bits per heavy atom. The molecule has 92 valence electrons. The maximum Gasteiger partial charge on any atom is 0.0359 e. The summed E-state index contributed by atoms with van der Waals surface area (Å²) in [5.41, 5.74) is 1.82. The molecule has 1 N–H and O–H groups in total. The fourth-order valence-corrected chi connectivity index (χ4v) is 1.68. The molecule has 0 saturated carbocycles. The molecular formula is C14H26N2. The Kier molecular flexibility index (Phi) is 5.07. The highest BCUT2D eigenvalue weighted by Gasteiger charge is 2.10. The van der Waals surface area contributed by atoms with Crippen molar-refractivity contribution in [2.75, 3.05) is 6.54 Å². The van der Waals surface area contributed by atoms with Gasteiger partial charge in [-0.1, -0.05) is 27.7 Å². The molecule has 2 heteroatoms. The summed E-state index contributed by atoms with van der Waals surface area (Å²) in [6.07, 6.45) is 4.61. The quantitative estimate of drug-likeness (QED) is 0.730. The highest BCUT2D eigenvalue weighted by Crippen LogP contribution is 2.20. The van der Waals surface area contributed by atoms with Crippen LogP contribution in [0, 0.1) is 5.41 Å². The van der Waals surface area contributed by atoms with Gasteiger partial charge in [-0.25, -0.2) is 0 Å². The van der Waals surface area contributed by atoms with E-state index in [1.165, 1.54) is 18.5 Å². The SMILES string of the molecule is CCCNCc1cccn1CCC(C)(C)C. The molecule has 0 amide bonds. The van der Waals surface area contributed by atoms with E-state index in [1.54, 1.807) is 0 Å². The largest absolute Gasteiger partial charge is 0.350 e. The zero-order valence-corrected chi connectivity index (χ0v) is 11.2. The molecule has 0 aliphatic carbocycles. The molecule has 0 bridgehead atoms. The average Bonchev–Trinajstić information content (AvgIpc) is 2.62. The van der Waals surface area contributed by atoms with Crippen molar-refractivity contribution in [1.82, 2.24) is 9.88 Å². The monoisotopic (exact) mass is 222 g/mol. The van der Waals surface area contributed by atoms with E-state index in [9.17, 15) is 0 Å². The first-order valence-corrected chi connectivity index (χ1v) is 6.37. The molecule has 1 rings (SSSR count). The Hall–Kier alpha value is -0.760. The van der Waals surface area contributed by atoms with Crippen molar-refractivity contribution in [3.63, 3.8) is 0 Å². The summed E-state index contributed by atoms with van der Waals surface area (Å²) in [7, 11) is 0. The van der Waals surface area contributed by atoms with Crippen LogP contribution in [0.2, 0.25) is 0 Å². The summed E-state index contributed by atoms with van der Waals surface area (Å²) in [6, 6.07) is 4.36. The van der Waals surface area contributed by atoms with Gasteiger partial charge in [-0.05, 0) is 36.9 Å². The van der Waals surface area contributed by atoms with Crippen molar-refractivity contribution in [2.45, 2.75) is 53.6 Å². The minimum atomic E-state index is 0.415. The molecule has 0 atom stereocenters. The topological polar surface area (TPSA) is 17.0 Å². The Morgan fingerprint density at radius 2 is 2.06 bits per heavy atom. The van der Waals surface area contributed by atoms with Crippen LogP contribution in [0.15, 0.2) is 18.3 Å². The van der Waals surface area contributed by atoms with Crippen LogP contribution >= 0.6 is 0 Å². The van der Waals surface area contributed by atoms with Gasteiger partial charge in [0, 0.05) is 25.0 Å². The van der Waals surface area contributed by atoms with Gasteiger partial charge in [0.25, 0.3) is 0 Å². The molecule has 1 heterocycles. The Balaban J connectivity index is 2.44. The van der Waals surface area contributed by atoms with E-state index in [-0.39, 0.29) is 0 Å². The van der Waals surface area contributed by atoms with Gasteiger partial charge in [-0.2, -0.15) is 0 Å². The zero-order chi connectivity index (χ0) is 12.0. The van der Waals surface area contributed by atoms with Gasteiger partial charge < -0.3 is 9.88 Å². The van der Waals surface area contributed by atoms with Gasteiger partial charge >= 0.3 is 0 Å². The summed E-state index contributed by atoms with van der Waals surface area (Å²) in [5.74, 6) is 0. The van der Waals surface area contributed by atoms with Crippen LogP contribution in [0.1, 0.15) is 46.2 Å². The number of rotatable bonds is 6. The molecule has 0 fully saturated rings. The average molecular weight is 222 g/mol. The molecule has 2 nitrogen and oxygen atoms in total. The van der Waals surface area contributed by atoms with Crippen LogP contribution in [-0.4, -0.2) is 11.1 Å². The summed E-state index contributed by atoms with van der Waals surface area (Å²) in [5, 5.41) is 3.45. The van der Waals surface area contributed by atoms with Crippen LogP contribution in [0.4, 0.5) is 0 Å². The van der Waals surface area contributed by atoms with Gasteiger partial charge in [-0.15, -0.1) is 0 Å². The van der Waals surface area contributed by atoms with Gasteiger partial charge in [0.1, 0.15) is 0 Å². The standard InChI is InChI=1S/C14H26N2/c1-5-9-15-12-13-7-6-10-16(13)11-8-14(2,3)4/h6-7,10,15H,5,8-9,11-12H2,1-4H3. The molecule has 0 aliphatic heterocycles. The van der Waals surface area contributed by atoms with Crippen molar-refractivity contribution in [3.8, 4) is 0 Å². The summed E-state index contributed by atoms with van der Waals surface area (Å²) >= 11 is 0. The second-order valence-electron chi connectivity index (χ2n) is 5.68. The predicted octanol–water partition coefficient (Wildman–Crippen LogP) is 3.42. The van der Waals surface area contributed by atoms with Crippen molar-refractivity contribution < 1.29 is 0 Å². The van der Waals surface area contributed by atoms with Crippen LogP contribution in [0.5, 0.6) is 0 Å².